The molecule has 1 atom stereocenters. The second kappa shape index (κ2) is 8.48. The van der Waals surface area contributed by atoms with Gasteiger partial charge in [0.05, 0.1) is 20.3 Å². The summed E-state index contributed by atoms with van der Waals surface area (Å²) in [5.74, 6) is 1.43. The van der Waals surface area contributed by atoms with Crippen LogP contribution in [0.2, 0.25) is 0 Å². The highest BCUT2D eigenvalue weighted by Gasteiger charge is 2.24. The normalized spacial score (nSPS) is 15.6. The number of rotatable bonds is 6. The monoisotopic (exact) mass is 387 g/mol. The molecule has 1 aliphatic heterocycles. The van der Waals surface area contributed by atoms with Gasteiger partial charge in [-0.1, -0.05) is 6.08 Å². The molecule has 6 heteroatoms. The van der Waals surface area contributed by atoms with Gasteiger partial charge in [0.15, 0.2) is 11.5 Å². The van der Waals surface area contributed by atoms with E-state index >= 15 is 0 Å². The Morgan fingerprint density at radius 1 is 1.33 bits per heavy atom. The van der Waals surface area contributed by atoms with Gasteiger partial charge < -0.3 is 14.8 Å². The number of amides is 1. The van der Waals surface area contributed by atoms with E-state index in [9.17, 15) is 9.18 Å². The first-order valence-electron chi connectivity index (χ1n) is 8.66. The molecule has 0 aromatic heterocycles. The molecule has 3 rings (SSSR count). The van der Waals surface area contributed by atoms with Crippen LogP contribution in [0, 0.1) is 5.82 Å². The van der Waals surface area contributed by atoms with E-state index in [1.165, 1.54) is 19.2 Å². The average Bonchev–Trinajstić information content (AvgIpc) is 2.68. The molecule has 2 aromatic carbocycles. The molecular weight excluding hydrogens is 365 g/mol. The maximum atomic E-state index is 13.7. The minimum Gasteiger partial charge on any atom is -0.493 e. The minimum atomic E-state index is -0.296. The van der Waals surface area contributed by atoms with E-state index in [1.54, 1.807) is 43.1 Å². The number of methoxy groups -OCH3 is 2. The van der Waals surface area contributed by atoms with Crippen LogP contribution < -0.4 is 14.8 Å². The van der Waals surface area contributed by atoms with Crippen LogP contribution in [0.1, 0.15) is 33.9 Å². The van der Waals surface area contributed by atoms with Crippen LogP contribution in [0.4, 0.5) is 4.39 Å². The highest BCUT2D eigenvalue weighted by atomic mass is 32.2. The molecule has 4 nitrogen and oxygen atoms in total. The van der Waals surface area contributed by atoms with Gasteiger partial charge in [0.2, 0.25) is 0 Å². The number of carbonyl (C=O) groups excluding carboxylic acids is 1. The summed E-state index contributed by atoms with van der Waals surface area (Å²) < 4.78 is 24.5. The summed E-state index contributed by atoms with van der Waals surface area (Å²) in [6.07, 6.45) is 3.05. The Morgan fingerprint density at radius 2 is 2.15 bits per heavy atom. The predicted molar refractivity (Wildman–Crippen MR) is 105 cm³/mol. The van der Waals surface area contributed by atoms with Crippen molar-refractivity contribution in [3.05, 3.63) is 65.5 Å². The van der Waals surface area contributed by atoms with E-state index < -0.39 is 0 Å². The molecule has 0 bridgehead atoms. The Morgan fingerprint density at radius 3 is 2.85 bits per heavy atom. The standard InChI is InChI=1S/C21H22FNO3S/c1-4-5-13-10-14(11-18(25-2)20(13)26-3)21(24)23-17-8-9-27-19-7-6-15(22)12-16(17)19/h4,6-7,10-12,17H,1,5,8-9H2,2-3H3,(H,23,24). The maximum absolute atomic E-state index is 13.7. The minimum absolute atomic E-state index is 0.222. The Labute approximate surface area is 162 Å². The molecular formula is C21H22FNO3S. The van der Waals surface area contributed by atoms with Gasteiger partial charge in [0.1, 0.15) is 5.82 Å². The van der Waals surface area contributed by atoms with Crippen molar-refractivity contribution in [2.45, 2.75) is 23.8 Å². The summed E-state index contributed by atoms with van der Waals surface area (Å²) in [7, 11) is 3.10. The largest absolute Gasteiger partial charge is 0.493 e. The van der Waals surface area contributed by atoms with Gasteiger partial charge in [-0.05, 0) is 48.7 Å². The zero-order chi connectivity index (χ0) is 19.4. The number of benzene rings is 2. The first-order chi connectivity index (χ1) is 13.1. The van der Waals surface area contributed by atoms with E-state index in [0.29, 0.717) is 23.5 Å². The van der Waals surface area contributed by atoms with E-state index in [1.807, 2.05) is 0 Å². The van der Waals surface area contributed by atoms with Crippen molar-refractivity contribution >= 4 is 17.7 Å². The third-order valence-corrected chi connectivity index (χ3v) is 5.62. The lowest BCUT2D eigenvalue weighted by Gasteiger charge is -2.26. The number of thioether (sulfide) groups is 1. The molecule has 1 amide bonds. The van der Waals surface area contributed by atoms with Crippen LogP contribution in [0.3, 0.4) is 0 Å². The van der Waals surface area contributed by atoms with Crippen molar-refractivity contribution in [2.75, 3.05) is 20.0 Å². The van der Waals surface area contributed by atoms with E-state index in [4.69, 9.17) is 9.47 Å². The topological polar surface area (TPSA) is 47.6 Å². The molecule has 0 radical (unpaired) electrons. The molecule has 1 heterocycles. The Kier molecular flexibility index (Phi) is 6.06. The van der Waals surface area contributed by atoms with Crippen LogP contribution in [0.15, 0.2) is 47.9 Å². The predicted octanol–water partition coefficient (Wildman–Crippen LogP) is 4.54. The molecule has 2 aromatic rings. The number of ether oxygens (including phenoxy) is 2. The third kappa shape index (κ3) is 4.11. The van der Waals surface area contributed by atoms with Crippen molar-refractivity contribution in [1.29, 1.82) is 0 Å². The number of fused-ring (bicyclic) bond motifs is 1. The summed E-state index contributed by atoms with van der Waals surface area (Å²) in [5.41, 5.74) is 2.12. The average molecular weight is 387 g/mol. The molecule has 0 spiro atoms. The first kappa shape index (κ1) is 19.3. The molecule has 1 aliphatic rings. The maximum Gasteiger partial charge on any atom is 0.251 e. The van der Waals surface area contributed by atoms with Crippen LogP contribution in [0.25, 0.3) is 0 Å². The number of halogens is 1. The Bertz CT molecular complexity index is 869. The molecule has 0 saturated heterocycles. The van der Waals surface area contributed by atoms with Crippen LogP contribution in [-0.2, 0) is 6.42 Å². The molecule has 0 saturated carbocycles. The number of hydrogen-bond donors (Lipinski definition) is 1. The van der Waals surface area contributed by atoms with Crippen molar-refractivity contribution in [3.8, 4) is 11.5 Å². The molecule has 27 heavy (non-hydrogen) atoms. The molecule has 1 unspecified atom stereocenters. The third-order valence-electron chi connectivity index (χ3n) is 4.50. The van der Waals surface area contributed by atoms with E-state index in [-0.39, 0.29) is 17.8 Å². The highest BCUT2D eigenvalue weighted by molar-refractivity contribution is 7.99. The van der Waals surface area contributed by atoms with Crippen molar-refractivity contribution in [1.82, 2.24) is 5.32 Å². The van der Waals surface area contributed by atoms with Gasteiger partial charge in [-0.2, -0.15) is 0 Å². The number of hydrogen-bond acceptors (Lipinski definition) is 4. The Balaban J connectivity index is 1.90. The van der Waals surface area contributed by atoms with Crippen LogP contribution in [0.5, 0.6) is 11.5 Å². The summed E-state index contributed by atoms with van der Waals surface area (Å²) in [5, 5.41) is 3.04. The zero-order valence-corrected chi connectivity index (χ0v) is 16.2. The van der Waals surface area contributed by atoms with Gasteiger partial charge in [0.25, 0.3) is 5.91 Å². The molecule has 0 aliphatic carbocycles. The second-order valence-electron chi connectivity index (χ2n) is 6.21. The second-order valence-corrected chi connectivity index (χ2v) is 7.35. The lowest BCUT2D eigenvalue weighted by atomic mass is 10.0. The van der Waals surface area contributed by atoms with Crippen molar-refractivity contribution < 1.29 is 18.7 Å². The van der Waals surface area contributed by atoms with Crippen molar-refractivity contribution in [2.24, 2.45) is 0 Å². The van der Waals surface area contributed by atoms with Gasteiger partial charge >= 0.3 is 0 Å². The quantitative estimate of drug-likeness (QED) is 0.740. The number of allylic oxidation sites excluding steroid dienone is 1. The van der Waals surface area contributed by atoms with Crippen molar-refractivity contribution in [3.63, 3.8) is 0 Å². The SMILES string of the molecule is C=CCc1cc(C(=O)NC2CCSc3ccc(F)cc32)cc(OC)c1OC. The fourth-order valence-electron chi connectivity index (χ4n) is 3.24. The zero-order valence-electron chi connectivity index (χ0n) is 15.4. The molecule has 142 valence electrons. The van der Waals surface area contributed by atoms with Gasteiger partial charge in [-0.25, -0.2) is 4.39 Å². The van der Waals surface area contributed by atoms with E-state index in [0.717, 1.165) is 28.2 Å². The lowest BCUT2D eigenvalue weighted by Crippen LogP contribution is -2.30. The van der Waals surface area contributed by atoms with Crippen LogP contribution in [-0.4, -0.2) is 25.9 Å². The Hall–Kier alpha value is -2.47. The lowest BCUT2D eigenvalue weighted by molar-refractivity contribution is 0.0934. The van der Waals surface area contributed by atoms with Gasteiger partial charge in [-0.3, -0.25) is 4.79 Å². The number of nitrogens with one attached hydrogen (secondary N) is 1. The van der Waals surface area contributed by atoms with Gasteiger partial charge in [-0.15, -0.1) is 18.3 Å². The summed E-state index contributed by atoms with van der Waals surface area (Å²) in [4.78, 5) is 13.9. The fourth-order valence-corrected chi connectivity index (χ4v) is 4.34. The highest BCUT2D eigenvalue weighted by Crippen LogP contribution is 2.37. The molecule has 0 fully saturated rings. The number of carbonyl (C=O) groups is 1. The van der Waals surface area contributed by atoms with Crippen LogP contribution >= 0.6 is 11.8 Å². The summed E-state index contributed by atoms with van der Waals surface area (Å²) in [6.45, 7) is 3.75. The first-order valence-corrected chi connectivity index (χ1v) is 9.64. The fraction of sp³-hybridized carbons (Fsp3) is 0.286. The summed E-state index contributed by atoms with van der Waals surface area (Å²) >= 11 is 1.68. The summed E-state index contributed by atoms with van der Waals surface area (Å²) in [6, 6.07) is 7.94. The van der Waals surface area contributed by atoms with E-state index in [2.05, 4.69) is 11.9 Å². The van der Waals surface area contributed by atoms with Gasteiger partial charge in [0, 0.05) is 21.8 Å². The molecule has 1 N–H and O–H groups in total. The smallest absolute Gasteiger partial charge is 0.251 e.